The second kappa shape index (κ2) is 5.49. The number of benzene rings is 1. The monoisotopic (exact) mass is 243 g/mol. The molecule has 2 unspecified atom stereocenters. The lowest BCUT2D eigenvalue weighted by Gasteiger charge is -2.18. The van der Waals surface area contributed by atoms with Gasteiger partial charge in [0.25, 0.3) is 0 Å². The highest BCUT2D eigenvalue weighted by Gasteiger charge is 2.17. The van der Waals surface area contributed by atoms with Crippen LogP contribution in [-0.4, -0.2) is 10.1 Å². The normalized spacial score (nSPS) is 14.7. The van der Waals surface area contributed by atoms with Gasteiger partial charge in [0.05, 0.1) is 17.3 Å². The van der Waals surface area contributed by atoms with Gasteiger partial charge in [-0.15, -0.1) is 0 Å². The summed E-state index contributed by atoms with van der Waals surface area (Å²) in [6.45, 7) is 6.30. The van der Waals surface area contributed by atoms with E-state index in [1.165, 1.54) is 5.56 Å². The van der Waals surface area contributed by atoms with Crippen LogP contribution < -0.4 is 0 Å². The van der Waals surface area contributed by atoms with Crippen molar-refractivity contribution < 1.29 is 5.11 Å². The first-order valence-electron chi connectivity index (χ1n) is 6.67. The summed E-state index contributed by atoms with van der Waals surface area (Å²) in [6, 6.07) is 10.1. The van der Waals surface area contributed by atoms with E-state index in [1.807, 2.05) is 24.3 Å². The van der Waals surface area contributed by atoms with E-state index in [4.69, 9.17) is 0 Å². The Hall–Kier alpha value is -1.41. The first-order chi connectivity index (χ1) is 8.63. The number of pyridine rings is 1. The molecular formula is C16H21NO. The van der Waals surface area contributed by atoms with E-state index < -0.39 is 6.10 Å². The molecule has 0 amide bonds. The molecule has 18 heavy (non-hydrogen) atoms. The van der Waals surface area contributed by atoms with Crippen LogP contribution in [0.4, 0.5) is 0 Å². The molecule has 0 bridgehead atoms. The predicted molar refractivity (Wildman–Crippen MR) is 75.5 cm³/mol. The van der Waals surface area contributed by atoms with Crippen molar-refractivity contribution in [1.29, 1.82) is 0 Å². The van der Waals surface area contributed by atoms with Gasteiger partial charge in [0.1, 0.15) is 0 Å². The molecule has 0 spiro atoms. The summed E-state index contributed by atoms with van der Waals surface area (Å²) in [4.78, 5) is 4.59. The van der Waals surface area contributed by atoms with E-state index >= 15 is 0 Å². The third-order valence-electron chi connectivity index (χ3n) is 3.53. The second-order valence-electron chi connectivity index (χ2n) is 5.09. The Morgan fingerprint density at radius 3 is 2.72 bits per heavy atom. The molecule has 0 aliphatic carbocycles. The zero-order chi connectivity index (χ0) is 13.1. The van der Waals surface area contributed by atoms with Gasteiger partial charge in [0.2, 0.25) is 0 Å². The molecule has 2 heteroatoms. The van der Waals surface area contributed by atoms with Crippen molar-refractivity contribution >= 4 is 10.9 Å². The van der Waals surface area contributed by atoms with Crippen LogP contribution in [0, 0.1) is 12.8 Å². The molecule has 0 saturated heterocycles. The molecule has 1 aromatic heterocycles. The van der Waals surface area contributed by atoms with Crippen LogP contribution in [0.25, 0.3) is 10.9 Å². The summed E-state index contributed by atoms with van der Waals surface area (Å²) in [6.07, 6.45) is 1.65. The third-order valence-corrected chi connectivity index (χ3v) is 3.53. The molecule has 0 radical (unpaired) electrons. The minimum absolute atomic E-state index is 0.253. The molecular weight excluding hydrogens is 222 g/mol. The molecule has 0 aliphatic rings. The fraction of sp³-hybridized carbons (Fsp3) is 0.438. The molecule has 2 rings (SSSR count). The molecule has 0 fully saturated rings. The Morgan fingerprint density at radius 1 is 1.28 bits per heavy atom. The molecule has 1 heterocycles. The van der Waals surface area contributed by atoms with Gasteiger partial charge in [-0.05, 0) is 37.0 Å². The Balaban J connectivity index is 2.40. The summed E-state index contributed by atoms with van der Waals surface area (Å²) < 4.78 is 0. The van der Waals surface area contributed by atoms with Crippen molar-refractivity contribution in [3.05, 3.63) is 41.6 Å². The van der Waals surface area contributed by atoms with Crippen LogP contribution in [0.3, 0.4) is 0 Å². The quantitative estimate of drug-likeness (QED) is 0.880. The minimum atomic E-state index is -0.465. The van der Waals surface area contributed by atoms with E-state index in [2.05, 4.69) is 31.8 Å². The topological polar surface area (TPSA) is 33.1 Å². The highest BCUT2D eigenvalue weighted by Crippen LogP contribution is 2.27. The molecule has 2 atom stereocenters. The highest BCUT2D eigenvalue weighted by atomic mass is 16.3. The summed E-state index contributed by atoms with van der Waals surface area (Å²) in [5, 5.41) is 11.5. The van der Waals surface area contributed by atoms with Gasteiger partial charge in [-0.25, -0.2) is 0 Å². The Labute approximate surface area is 109 Å². The standard InChI is InChI=1S/C16H21NO/c1-4-7-11(2)16(18)15-10-12(3)13-8-5-6-9-14(13)17-15/h5-6,8-11,16,18H,4,7H2,1-3H3. The Kier molecular flexibility index (Phi) is 3.97. The summed E-state index contributed by atoms with van der Waals surface area (Å²) >= 11 is 0. The van der Waals surface area contributed by atoms with Gasteiger partial charge in [-0.1, -0.05) is 38.5 Å². The fourth-order valence-corrected chi connectivity index (χ4v) is 2.43. The minimum Gasteiger partial charge on any atom is -0.387 e. The molecule has 2 nitrogen and oxygen atoms in total. The maximum absolute atomic E-state index is 10.3. The molecule has 0 saturated carbocycles. The maximum Gasteiger partial charge on any atom is 0.0985 e. The van der Waals surface area contributed by atoms with Crippen LogP contribution in [0.5, 0.6) is 0 Å². The van der Waals surface area contributed by atoms with E-state index in [0.29, 0.717) is 0 Å². The van der Waals surface area contributed by atoms with Gasteiger partial charge >= 0.3 is 0 Å². The average molecular weight is 243 g/mol. The van der Waals surface area contributed by atoms with Crippen LogP contribution in [0.2, 0.25) is 0 Å². The lowest BCUT2D eigenvalue weighted by molar-refractivity contribution is 0.108. The largest absolute Gasteiger partial charge is 0.387 e. The average Bonchev–Trinajstić information content (AvgIpc) is 2.38. The number of nitrogens with zero attached hydrogens (tertiary/aromatic N) is 1. The third kappa shape index (κ3) is 2.54. The van der Waals surface area contributed by atoms with E-state index in [-0.39, 0.29) is 5.92 Å². The molecule has 96 valence electrons. The van der Waals surface area contributed by atoms with Crippen molar-refractivity contribution in [3.63, 3.8) is 0 Å². The molecule has 1 aromatic carbocycles. The number of hydrogen-bond donors (Lipinski definition) is 1. The number of rotatable bonds is 4. The first-order valence-corrected chi connectivity index (χ1v) is 6.67. The van der Waals surface area contributed by atoms with Gasteiger partial charge in [0, 0.05) is 5.39 Å². The van der Waals surface area contributed by atoms with Crippen molar-refractivity contribution in [1.82, 2.24) is 4.98 Å². The number of aryl methyl sites for hydroxylation is 1. The van der Waals surface area contributed by atoms with Crippen molar-refractivity contribution in [3.8, 4) is 0 Å². The zero-order valence-corrected chi connectivity index (χ0v) is 11.4. The summed E-state index contributed by atoms with van der Waals surface area (Å²) in [5.74, 6) is 0.253. The lowest BCUT2D eigenvalue weighted by Crippen LogP contribution is -2.11. The highest BCUT2D eigenvalue weighted by molar-refractivity contribution is 5.82. The van der Waals surface area contributed by atoms with Crippen molar-refractivity contribution in [2.75, 3.05) is 0 Å². The van der Waals surface area contributed by atoms with E-state index in [9.17, 15) is 5.11 Å². The van der Waals surface area contributed by atoms with Crippen LogP contribution in [-0.2, 0) is 0 Å². The molecule has 1 N–H and O–H groups in total. The maximum atomic E-state index is 10.3. The number of para-hydroxylation sites is 1. The summed E-state index contributed by atoms with van der Waals surface area (Å²) in [5.41, 5.74) is 2.95. The Morgan fingerprint density at radius 2 is 2.00 bits per heavy atom. The summed E-state index contributed by atoms with van der Waals surface area (Å²) in [7, 11) is 0. The van der Waals surface area contributed by atoms with Crippen molar-refractivity contribution in [2.45, 2.75) is 39.7 Å². The number of fused-ring (bicyclic) bond motifs is 1. The van der Waals surface area contributed by atoms with Crippen LogP contribution in [0.15, 0.2) is 30.3 Å². The smallest absolute Gasteiger partial charge is 0.0985 e. The predicted octanol–water partition coefficient (Wildman–Crippen LogP) is 4.01. The first kappa shape index (κ1) is 13.0. The lowest BCUT2D eigenvalue weighted by atomic mass is 9.95. The molecule has 2 aromatic rings. The molecule has 0 aliphatic heterocycles. The number of hydrogen-bond acceptors (Lipinski definition) is 2. The van der Waals surface area contributed by atoms with Crippen LogP contribution >= 0.6 is 0 Å². The van der Waals surface area contributed by atoms with Gasteiger partial charge in [-0.3, -0.25) is 4.98 Å². The Bertz CT molecular complexity index is 536. The fourth-order valence-electron chi connectivity index (χ4n) is 2.43. The van der Waals surface area contributed by atoms with Crippen molar-refractivity contribution in [2.24, 2.45) is 5.92 Å². The second-order valence-corrected chi connectivity index (χ2v) is 5.09. The van der Waals surface area contributed by atoms with Gasteiger partial charge in [0.15, 0.2) is 0 Å². The van der Waals surface area contributed by atoms with E-state index in [1.54, 1.807) is 0 Å². The van der Waals surface area contributed by atoms with Gasteiger partial charge < -0.3 is 5.11 Å². The van der Waals surface area contributed by atoms with Gasteiger partial charge in [-0.2, -0.15) is 0 Å². The number of aromatic nitrogens is 1. The number of aliphatic hydroxyl groups is 1. The van der Waals surface area contributed by atoms with E-state index in [0.717, 1.165) is 29.4 Å². The SMILES string of the molecule is CCCC(C)C(O)c1cc(C)c2ccccc2n1. The number of aliphatic hydroxyl groups excluding tert-OH is 1. The van der Waals surface area contributed by atoms with Crippen LogP contribution in [0.1, 0.15) is 44.1 Å². The zero-order valence-electron chi connectivity index (χ0n) is 11.4.